The molecule has 0 bridgehead atoms. The first-order chi connectivity index (χ1) is 6.61. The van der Waals surface area contributed by atoms with Crippen molar-refractivity contribution in [3.05, 3.63) is 0 Å². The summed E-state index contributed by atoms with van der Waals surface area (Å²) in [4.78, 5) is 34.2. The number of hydrogen-bond donors (Lipinski definition) is 0. The molecule has 0 radical (unpaired) electrons. The lowest BCUT2D eigenvalue weighted by Gasteiger charge is -2.23. The van der Waals surface area contributed by atoms with Crippen LogP contribution >= 0.6 is 0 Å². The van der Waals surface area contributed by atoms with Crippen LogP contribution in [-0.4, -0.2) is 24.6 Å². The third-order valence-electron chi connectivity index (χ3n) is 2.65. The number of ether oxygens (including phenoxy) is 1. The lowest BCUT2D eigenvalue weighted by atomic mass is 9.78. The van der Waals surface area contributed by atoms with Gasteiger partial charge in [-0.05, 0) is 12.8 Å². The fourth-order valence-electron chi connectivity index (χ4n) is 1.81. The minimum absolute atomic E-state index is 0.0438. The van der Waals surface area contributed by atoms with Crippen LogP contribution in [0, 0.1) is 11.8 Å². The summed E-state index contributed by atoms with van der Waals surface area (Å²) in [5.74, 6) is -2.13. The van der Waals surface area contributed by atoms with Crippen molar-refractivity contribution in [2.45, 2.75) is 26.2 Å². The van der Waals surface area contributed by atoms with Crippen molar-refractivity contribution >= 4 is 17.5 Å². The molecule has 4 nitrogen and oxygen atoms in total. The molecule has 1 aliphatic rings. The van der Waals surface area contributed by atoms with Crippen molar-refractivity contribution in [1.82, 2.24) is 0 Å². The molecule has 1 saturated carbocycles. The van der Waals surface area contributed by atoms with Crippen LogP contribution in [0.5, 0.6) is 0 Å². The molecule has 2 unspecified atom stereocenters. The van der Waals surface area contributed by atoms with Gasteiger partial charge in [0.2, 0.25) is 0 Å². The summed E-state index contributed by atoms with van der Waals surface area (Å²) in [6.45, 7) is 1.78. The summed E-state index contributed by atoms with van der Waals surface area (Å²) >= 11 is 0. The molecule has 14 heavy (non-hydrogen) atoms. The van der Waals surface area contributed by atoms with E-state index in [2.05, 4.69) is 4.74 Å². The summed E-state index contributed by atoms with van der Waals surface area (Å²) in [5.41, 5.74) is 0. The van der Waals surface area contributed by atoms with Crippen LogP contribution < -0.4 is 0 Å². The Bertz CT molecular complexity index is 269. The molecule has 0 spiro atoms. The van der Waals surface area contributed by atoms with Crippen LogP contribution in [0.15, 0.2) is 0 Å². The standard InChI is InChI=1S/C10H14O4/c1-3-6-8(11)5-4-7(9(6)12)10(13)14-2/h6-7H,3-5H2,1-2H3. The van der Waals surface area contributed by atoms with Gasteiger partial charge in [0, 0.05) is 6.42 Å². The zero-order valence-corrected chi connectivity index (χ0v) is 8.41. The number of carbonyl (C=O) groups is 3. The molecular weight excluding hydrogens is 184 g/mol. The maximum absolute atomic E-state index is 11.6. The molecular formula is C10H14O4. The van der Waals surface area contributed by atoms with Crippen molar-refractivity contribution in [3.8, 4) is 0 Å². The second-order valence-corrected chi connectivity index (χ2v) is 3.44. The fraction of sp³-hybridized carbons (Fsp3) is 0.700. The van der Waals surface area contributed by atoms with Crippen molar-refractivity contribution < 1.29 is 19.1 Å². The smallest absolute Gasteiger partial charge is 0.316 e. The monoisotopic (exact) mass is 198 g/mol. The van der Waals surface area contributed by atoms with Gasteiger partial charge in [0.25, 0.3) is 0 Å². The third kappa shape index (κ3) is 1.84. The van der Waals surface area contributed by atoms with E-state index in [1.807, 2.05) is 0 Å². The quantitative estimate of drug-likeness (QED) is 0.485. The Kier molecular flexibility index (Phi) is 3.38. The Morgan fingerprint density at radius 3 is 2.64 bits per heavy atom. The van der Waals surface area contributed by atoms with Crippen LogP contribution in [0.4, 0.5) is 0 Å². The van der Waals surface area contributed by atoms with Crippen LogP contribution in [-0.2, 0) is 19.1 Å². The maximum Gasteiger partial charge on any atom is 0.316 e. The predicted molar refractivity (Wildman–Crippen MR) is 48.5 cm³/mol. The van der Waals surface area contributed by atoms with E-state index in [1.165, 1.54) is 7.11 Å². The van der Waals surface area contributed by atoms with E-state index < -0.39 is 17.8 Å². The topological polar surface area (TPSA) is 60.4 Å². The van der Waals surface area contributed by atoms with Crippen molar-refractivity contribution in [2.24, 2.45) is 11.8 Å². The van der Waals surface area contributed by atoms with E-state index >= 15 is 0 Å². The average molecular weight is 198 g/mol. The van der Waals surface area contributed by atoms with E-state index in [-0.39, 0.29) is 11.6 Å². The van der Waals surface area contributed by atoms with Crippen molar-refractivity contribution in [1.29, 1.82) is 0 Å². The largest absolute Gasteiger partial charge is 0.468 e. The van der Waals surface area contributed by atoms with Crippen LogP contribution in [0.3, 0.4) is 0 Å². The van der Waals surface area contributed by atoms with Gasteiger partial charge in [0.05, 0.1) is 13.0 Å². The summed E-state index contributed by atoms with van der Waals surface area (Å²) in [5, 5.41) is 0. The first-order valence-electron chi connectivity index (χ1n) is 4.76. The zero-order valence-electron chi connectivity index (χ0n) is 8.41. The molecule has 4 heteroatoms. The maximum atomic E-state index is 11.6. The first-order valence-corrected chi connectivity index (χ1v) is 4.76. The number of Topliss-reactive ketones (excluding diaryl/α,β-unsaturated/α-hetero) is 2. The van der Waals surface area contributed by atoms with Gasteiger partial charge in [-0.15, -0.1) is 0 Å². The van der Waals surface area contributed by atoms with E-state index in [1.54, 1.807) is 6.92 Å². The van der Waals surface area contributed by atoms with Crippen molar-refractivity contribution in [3.63, 3.8) is 0 Å². The summed E-state index contributed by atoms with van der Waals surface area (Å²) in [7, 11) is 1.26. The third-order valence-corrected chi connectivity index (χ3v) is 2.65. The molecule has 2 atom stereocenters. The van der Waals surface area contributed by atoms with Gasteiger partial charge < -0.3 is 4.74 Å². The fourth-order valence-corrected chi connectivity index (χ4v) is 1.81. The molecule has 0 aliphatic heterocycles. The average Bonchev–Trinajstić information content (AvgIpc) is 2.18. The molecule has 1 aliphatic carbocycles. The van der Waals surface area contributed by atoms with E-state index in [4.69, 9.17) is 0 Å². The molecule has 0 N–H and O–H groups in total. The van der Waals surface area contributed by atoms with E-state index in [0.29, 0.717) is 19.3 Å². The molecule has 78 valence electrons. The predicted octanol–water partition coefficient (Wildman–Crippen LogP) is 0.734. The number of hydrogen-bond acceptors (Lipinski definition) is 4. The molecule has 0 amide bonds. The Balaban J connectivity index is 2.79. The second kappa shape index (κ2) is 4.35. The van der Waals surface area contributed by atoms with Gasteiger partial charge in [0.15, 0.2) is 5.78 Å². The van der Waals surface area contributed by atoms with Gasteiger partial charge >= 0.3 is 5.97 Å². The molecule has 0 aromatic rings. The minimum Gasteiger partial charge on any atom is -0.468 e. The van der Waals surface area contributed by atoms with Gasteiger partial charge in [-0.25, -0.2) is 0 Å². The first kappa shape index (κ1) is 10.9. The van der Waals surface area contributed by atoms with Crippen LogP contribution in [0.25, 0.3) is 0 Å². The molecule has 1 rings (SSSR count). The molecule has 0 aromatic heterocycles. The highest BCUT2D eigenvalue weighted by atomic mass is 16.5. The summed E-state index contributed by atoms with van der Waals surface area (Å²) in [6, 6.07) is 0. The number of ketones is 2. The zero-order chi connectivity index (χ0) is 10.7. The molecule has 0 heterocycles. The molecule has 1 fully saturated rings. The van der Waals surface area contributed by atoms with Crippen LogP contribution in [0.1, 0.15) is 26.2 Å². The summed E-state index contributed by atoms with van der Waals surface area (Å²) < 4.78 is 4.52. The molecule has 0 aromatic carbocycles. The van der Waals surface area contributed by atoms with Gasteiger partial charge in [-0.1, -0.05) is 6.92 Å². The Hall–Kier alpha value is -1.19. The van der Waals surface area contributed by atoms with Gasteiger partial charge in [-0.2, -0.15) is 0 Å². The van der Waals surface area contributed by atoms with Crippen molar-refractivity contribution in [2.75, 3.05) is 7.11 Å². The highest BCUT2D eigenvalue weighted by molar-refractivity contribution is 6.12. The highest BCUT2D eigenvalue weighted by Gasteiger charge is 2.40. The number of rotatable bonds is 2. The lowest BCUT2D eigenvalue weighted by molar-refractivity contribution is -0.153. The van der Waals surface area contributed by atoms with Gasteiger partial charge in [-0.3, -0.25) is 14.4 Å². The van der Waals surface area contributed by atoms with Gasteiger partial charge in [0.1, 0.15) is 11.7 Å². The second-order valence-electron chi connectivity index (χ2n) is 3.44. The van der Waals surface area contributed by atoms with Crippen LogP contribution in [0.2, 0.25) is 0 Å². The Labute approximate surface area is 82.6 Å². The number of methoxy groups -OCH3 is 1. The van der Waals surface area contributed by atoms with E-state index in [0.717, 1.165) is 0 Å². The Morgan fingerprint density at radius 2 is 2.14 bits per heavy atom. The number of esters is 1. The molecule has 0 saturated heterocycles. The number of carbonyl (C=O) groups excluding carboxylic acids is 3. The Morgan fingerprint density at radius 1 is 1.50 bits per heavy atom. The minimum atomic E-state index is -0.720. The highest BCUT2D eigenvalue weighted by Crippen LogP contribution is 2.25. The normalized spacial score (nSPS) is 27.6. The van der Waals surface area contributed by atoms with E-state index in [9.17, 15) is 14.4 Å². The lowest BCUT2D eigenvalue weighted by Crippen LogP contribution is -2.39. The SMILES string of the molecule is CCC1C(=O)CCC(C(=O)OC)C1=O. The summed E-state index contributed by atoms with van der Waals surface area (Å²) in [6.07, 6.45) is 1.09.